The van der Waals surface area contributed by atoms with Crippen LogP contribution in [0.15, 0.2) is 37.5 Å². The third kappa shape index (κ3) is 6.59. The standard InChI is InChI=1S/C26H30F2N8O8P2S2/c27-17-21(43-45(38)47)16-8-40-46(39,48)44-22-15(7-37)41-26(18(22)28)36-12-34-20-14(30-10-32-24(20)36)6-4-2-1-3-5-13-19-23(31-9-29-13)35(11-33-19)25(17)42-16/h1-2,9-12,15-18,21-22,25-26,37,45H,3-8H2,(H,38,47)(H,39,48)/b2-1+/t15?,16?,17-,18-,21-,22-,25-,26?,46+/m1/s1. The van der Waals surface area contributed by atoms with Gasteiger partial charge in [-0.3, -0.25) is 22.7 Å². The quantitative estimate of drug-likeness (QED) is 0.156. The number of rotatable bonds is 3. The molecule has 48 heavy (non-hydrogen) atoms. The number of fused-ring (bicyclic) bond motifs is 6. The molecule has 1 N–H and O–H groups in total. The number of aromatic nitrogens is 8. The van der Waals surface area contributed by atoms with E-state index in [1.165, 1.54) is 34.4 Å². The van der Waals surface area contributed by atoms with Crippen LogP contribution in [0.4, 0.5) is 8.78 Å². The van der Waals surface area contributed by atoms with Gasteiger partial charge in [-0.2, -0.15) is 0 Å². The molecule has 4 aromatic heterocycles. The summed E-state index contributed by atoms with van der Waals surface area (Å²) in [6.45, 7) is -5.76. The molecule has 22 heteroatoms. The second kappa shape index (κ2) is 14.1. The smallest absolute Gasteiger partial charge is 0.386 e. The van der Waals surface area contributed by atoms with Crippen LogP contribution >= 0.6 is 38.5 Å². The Kier molecular flexibility index (Phi) is 10.0. The third-order valence-electron chi connectivity index (χ3n) is 8.29. The molecule has 4 unspecified atom stereocenters. The first-order chi connectivity index (χ1) is 23.1. The highest BCUT2D eigenvalue weighted by molar-refractivity contribution is 8.44. The number of aliphatic hydroxyl groups excluding tert-OH is 1. The normalized spacial score (nSPS) is 34.5. The summed E-state index contributed by atoms with van der Waals surface area (Å²) in [6.07, 6.45) is -0.601. The number of alkyl halides is 2. The molecule has 3 aliphatic rings. The average molecular weight is 747 g/mol. The van der Waals surface area contributed by atoms with E-state index in [1.807, 2.05) is 12.2 Å². The topological polar surface area (TPSA) is 188 Å². The maximum Gasteiger partial charge on any atom is 0.386 e. The minimum atomic E-state index is -4.44. The van der Waals surface area contributed by atoms with Gasteiger partial charge in [0.05, 0.1) is 37.3 Å². The zero-order valence-electron chi connectivity index (χ0n) is 24.8. The van der Waals surface area contributed by atoms with Gasteiger partial charge in [-0.25, -0.2) is 43.2 Å². The number of hydrogen-bond acceptors (Lipinski definition) is 14. The summed E-state index contributed by atoms with van der Waals surface area (Å²) >= 11 is 7.81. The van der Waals surface area contributed by atoms with Gasteiger partial charge in [0.1, 0.15) is 48.1 Å². The summed E-state index contributed by atoms with van der Waals surface area (Å²) in [7, 11) is -2.98. The van der Waals surface area contributed by atoms with Gasteiger partial charge < -0.3 is 19.1 Å². The van der Waals surface area contributed by atoms with Gasteiger partial charge in [0, 0.05) is 0 Å². The van der Waals surface area contributed by atoms with Crippen molar-refractivity contribution in [2.45, 2.75) is 74.9 Å². The van der Waals surface area contributed by atoms with Crippen molar-refractivity contribution in [1.29, 1.82) is 0 Å². The molecular formula is C26H30F2N8O8P2S2. The van der Waals surface area contributed by atoms with Crippen LogP contribution in [0.5, 0.6) is 0 Å². The maximum absolute atomic E-state index is 16.0. The molecule has 0 radical (unpaired) electrons. The molecular weight excluding hydrogens is 716 g/mol. The number of aliphatic hydroxyl groups is 1. The van der Waals surface area contributed by atoms with Gasteiger partial charge in [0.25, 0.3) is 0 Å². The summed E-state index contributed by atoms with van der Waals surface area (Å²) in [5, 5.41) is 10.0. The molecule has 4 aromatic rings. The van der Waals surface area contributed by atoms with Crippen molar-refractivity contribution in [2.75, 3.05) is 13.2 Å². The molecule has 7 heterocycles. The van der Waals surface area contributed by atoms with E-state index in [-0.39, 0.29) is 0 Å². The Labute approximate surface area is 282 Å². The first kappa shape index (κ1) is 34.1. The molecule has 0 amide bonds. The first-order valence-corrected chi connectivity index (χ1v) is 20.2. The van der Waals surface area contributed by atoms with Crippen LogP contribution < -0.4 is 0 Å². The average Bonchev–Trinajstić information content (AvgIpc) is 3.82. The molecule has 2 saturated heterocycles. The van der Waals surface area contributed by atoms with E-state index in [4.69, 9.17) is 23.0 Å². The van der Waals surface area contributed by atoms with Crippen molar-refractivity contribution in [3.8, 4) is 0 Å². The van der Waals surface area contributed by atoms with Crippen molar-refractivity contribution in [3.05, 3.63) is 48.8 Å². The zero-order chi connectivity index (χ0) is 33.6. The largest absolute Gasteiger partial charge is 0.394 e. The molecule has 3 aliphatic heterocycles. The van der Waals surface area contributed by atoms with Crippen molar-refractivity contribution in [3.63, 3.8) is 0 Å². The van der Waals surface area contributed by atoms with Crippen LogP contribution in [0, 0.1) is 0 Å². The molecule has 0 aromatic carbocycles. The number of nitrogens with zero attached hydrogens (tertiary/aromatic N) is 8. The first-order valence-electron chi connectivity index (χ1n) is 14.9. The van der Waals surface area contributed by atoms with Gasteiger partial charge in [0.2, 0.25) is 7.23 Å². The maximum atomic E-state index is 16.0. The van der Waals surface area contributed by atoms with Gasteiger partial charge in [-0.15, -0.1) is 0 Å². The summed E-state index contributed by atoms with van der Waals surface area (Å²) in [4.78, 5) is 26.1. The predicted octanol–water partition coefficient (Wildman–Crippen LogP) is 3.71. The van der Waals surface area contributed by atoms with Crippen LogP contribution in [0.25, 0.3) is 22.3 Å². The Hall–Kier alpha value is -2.38. The van der Waals surface area contributed by atoms with E-state index in [9.17, 15) is 14.2 Å². The van der Waals surface area contributed by atoms with Crippen molar-refractivity contribution < 1.29 is 46.1 Å². The summed E-state index contributed by atoms with van der Waals surface area (Å²) < 4.78 is 88.0. The van der Waals surface area contributed by atoms with E-state index in [1.54, 1.807) is 0 Å². The van der Waals surface area contributed by atoms with E-state index >= 15 is 8.78 Å². The Bertz CT molecular complexity index is 1910. The molecule has 16 nitrogen and oxygen atoms in total. The van der Waals surface area contributed by atoms with Gasteiger partial charge >= 0.3 is 6.80 Å². The van der Waals surface area contributed by atoms with Crippen molar-refractivity contribution in [1.82, 2.24) is 39.0 Å². The Morgan fingerprint density at radius 3 is 2.08 bits per heavy atom. The number of aryl methyl sites for hydroxylation is 2. The van der Waals surface area contributed by atoms with Crippen LogP contribution in [0.2, 0.25) is 0 Å². The van der Waals surface area contributed by atoms with Crippen LogP contribution in [0.3, 0.4) is 0 Å². The lowest BCUT2D eigenvalue weighted by Gasteiger charge is -2.24. The third-order valence-corrected chi connectivity index (χ3v) is 10.7. The highest BCUT2D eigenvalue weighted by Gasteiger charge is 2.52. The summed E-state index contributed by atoms with van der Waals surface area (Å²) in [5.74, 6) is 0. The molecule has 10 atom stereocenters. The fourth-order valence-corrected chi connectivity index (χ4v) is 8.43. The number of allylic oxidation sites excluding steroid dienone is 2. The highest BCUT2D eigenvalue weighted by Crippen LogP contribution is 2.57. The number of halogens is 2. The molecule has 7 rings (SSSR count). The fraction of sp³-hybridized carbons (Fsp3) is 0.538. The SMILES string of the molecule is O=[PH](S)O[C@@H]1C2CO[P@](=O)(S)O[C@@H]3C(CO)OC([C@@H]3F)n3cnc4c(ncnc43)CC/C=C/CCc3ncnc4c3ncn4[C@H](O2)[C@@H]1F. The molecule has 0 spiro atoms. The van der Waals surface area contributed by atoms with E-state index in [2.05, 4.69) is 54.4 Å². The molecule has 12 bridgehead atoms. The Balaban J connectivity index is 1.23. The summed E-state index contributed by atoms with van der Waals surface area (Å²) in [6, 6.07) is 0. The molecule has 2 fully saturated rings. The second-order valence-electron chi connectivity index (χ2n) is 11.2. The highest BCUT2D eigenvalue weighted by atomic mass is 32.7. The van der Waals surface area contributed by atoms with Gasteiger partial charge in [-0.1, -0.05) is 36.6 Å². The van der Waals surface area contributed by atoms with Gasteiger partial charge in [0.15, 0.2) is 36.1 Å². The number of thiol groups is 2. The van der Waals surface area contributed by atoms with Crippen LogP contribution in [0.1, 0.15) is 36.7 Å². The van der Waals surface area contributed by atoms with Crippen molar-refractivity contribution >= 4 is 60.9 Å². The predicted molar refractivity (Wildman–Crippen MR) is 171 cm³/mol. The monoisotopic (exact) mass is 746 g/mol. The lowest BCUT2D eigenvalue weighted by atomic mass is 10.1. The minimum Gasteiger partial charge on any atom is -0.394 e. The fourth-order valence-electron chi connectivity index (χ4n) is 6.07. The van der Waals surface area contributed by atoms with Gasteiger partial charge in [-0.05, 0) is 25.7 Å². The Morgan fingerprint density at radius 1 is 0.938 bits per heavy atom. The number of ether oxygens (including phenoxy) is 2. The van der Waals surface area contributed by atoms with Crippen molar-refractivity contribution in [2.24, 2.45) is 0 Å². The summed E-state index contributed by atoms with van der Waals surface area (Å²) in [5.41, 5.74) is 2.76. The lowest BCUT2D eigenvalue weighted by molar-refractivity contribution is -0.0487. The Morgan fingerprint density at radius 2 is 1.52 bits per heavy atom. The molecule has 258 valence electrons. The zero-order valence-corrected chi connectivity index (χ0v) is 28.5. The van der Waals surface area contributed by atoms with E-state index in [0.29, 0.717) is 59.4 Å². The molecule has 0 aliphatic carbocycles. The second-order valence-corrected chi connectivity index (χ2v) is 16.0. The number of hydrogen-bond donors (Lipinski definition) is 3. The van der Waals surface area contributed by atoms with Crippen LogP contribution in [-0.2, 0) is 45.0 Å². The van der Waals surface area contributed by atoms with Crippen LogP contribution in [-0.4, -0.2) is 94.1 Å². The number of imidazole rings is 2. The van der Waals surface area contributed by atoms with E-state index in [0.717, 1.165) is 0 Å². The van der Waals surface area contributed by atoms with E-state index < -0.39 is 76.5 Å². The molecule has 0 saturated carbocycles. The minimum absolute atomic E-state index is 0.292. The lowest BCUT2D eigenvalue weighted by Crippen LogP contribution is -2.34.